The minimum absolute atomic E-state index is 0.0903. The van der Waals surface area contributed by atoms with E-state index in [1.807, 2.05) is 5.38 Å². The van der Waals surface area contributed by atoms with Crippen LogP contribution in [-0.2, 0) is 6.54 Å². The summed E-state index contributed by atoms with van der Waals surface area (Å²) in [6, 6.07) is 4.80. The monoisotopic (exact) mass is 275 g/mol. The van der Waals surface area contributed by atoms with Crippen LogP contribution in [0, 0.1) is 0 Å². The quantitative estimate of drug-likeness (QED) is 0.758. The van der Waals surface area contributed by atoms with E-state index in [-0.39, 0.29) is 11.3 Å². The third-order valence-corrected chi connectivity index (χ3v) is 3.58. The average molecular weight is 275 g/mol. The number of hydrogen-bond acceptors (Lipinski definition) is 4. The first-order valence-corrected chi connectivity index (χ1v) is 6.38. The van der Waals surface area contributed by atoms with Crippen LogP contribution < -0.4 is 5.69 Å². The number of carboxylic acid groups (broad SMARTS) is 1. The number of nitrogens with zero attached hydrogens (tertiary/aromatic N) is 2. The summed E-state index contributed by atoms with van der Waals surface area (Å²) in [5.74, 6) is -1.06. The van der Waals surface area contributed by atoms with Crippen LogP contribution in [0.25, 0.3) is 11.0 Å². The smallest absolute Gasteiger partial charge is 0.337 e. The lowest BCUT2D eigenvalue weighted by molar-refractivity contribution is 0.0699. The summed E-state index contributed by atoms with van der Waals surface area (Å²) in [4.78, 5) is 29.8. The molecule has 0 saturated heterocycles. The van der Waals surface area contributed by atoms with E-state index in [0.29, 0.717) is 17.6 Å². The van der Waals surface area contributed by atoms with E-state index in [0.717, 1.165) is 5.01 Å². The van der Waals surface area contributed by atoms with Crippen molar-refractivity contribution < 1.29 is 9.90 Å². The second-order valence-corrected chi connectivity index (χ2v) is 4.93. The summed E-state index contributed by atoms with van der Waals surface area (Å²) < 4.78 is 1.49. The van der Waals surface area contributed by atoms with Crippen molar-refractivity contribution in [1.29, 1.82) is 0 Å². The van der Waals surface area contributed by atoms with Crippen LogP contribution in [0.2, 0.25) is 0 Å². The zero-order chi connectivity index (χ0) is 13.4. The summed E-state index contributed by atoms with van der Waals surface area (Å²) >= 11 is 1.45. The van der Waals surface area contributed by atoms with Gasteiger partial charge in [-0.15, -0.1) is 11.3 Å². The van der Waals surface area contributed by atoms with Crippen molar-refractivity contribution in [2.24, 2.45) is 0 Å². The van der Waals surface area contributed by atoms with Crippen molar-refractivity contribution in [2.45, 2.75) is 6.54 Å². The van der Waals surface area contributed by atoms with Gasteiger partial charge < -0.3 is 10.1 Å². The fourth-order valence-corrected chi connectivity index (χ4v) is 2.59. The van der Waals surface area contributed by atoms with Gasteiger partial charge >= 0.3 is 11.7 Å². The highest BCUT2D eigenvalue weighted by Crippen LogP contribution is 2.17. The second-order valence-electron chi connectivity index (χ2n) is 3.95. The molecule has 3 rings (SSSR count). The van der Waals surface area contributed by atoms with E-state index < -0.39 is 5.97 Å². The number of nitrogens with one attached hydrogen (secondary N) is 1. The van der Waals surface area contributed by atoms with Gasteiger partial charge in [0, 0.05) is 11.6 Å². The van der Waals surface area contributed by atoms with Crippen LogP contribution >= 0.6 is 11.3 Å². The number of benzene rings is 1. The molecule has 3 aromatic rings. The van der Waals surface area contributed by atoms with Crippen LogP contribution in [0.4, 0.5) is 0 Å². The molecule has 19 heavy (non-hydrogen) atoms. The first-order valence-electron chi connectivity index (χ1n) is 5.50. The van der Waals surface area contributed by atoms with E-state index in [2.05, 4.69) is 9.97 Å². The second kappa shape index (κ2) is 4.36. The number of carbonyl (C=O) groups is 1. The minimum atomic E-state index is -1.06. The SMILES string of the molecule is O=C(O)c1cccc2c1[nH]c(=O)n2Cc1nccs1. The van der Waals surface area contributed by atoms with E-state index in [1.165, 1.54) is 22.0 Å². The summed E-state index contributed by atoms with van der Waals surface area (Å²) in [5.41, 5.74) is 0.669. The van der Waals surface area contributed by atoms with Gasteiger partial charge in [-0.05, 0) is 12.1 Å². The molecule has 0 radical (unpaired) electrons. The fraction of sp³-hybridized carbons (Fsp3) is 0.0833. The molecule has 0 aliphatic rings. The van der Waals surface area contributed by atoms with Crippen molar-refractivity contribution >= 4 is 28.3 Å². The van der Waals surface area contributed by atoms with Crippen molar-refractivity contribution in [2.75, 3.05) is 0 Å². The molecular formula is C12H9N3O3S. The molecule has 0 spiro atoms. The maximum Gasteiger partial charge on any atom is 0.337 e. The Kier molecular flexibility index (Phi) is 2.68. The summed E-state index contributed by atoms with van der Waals surface area (Å²) in [6.45, 7) is 0.333. The van der Waals surface area contributed by atoms with Gasteiger partial charge in [-0.1, -0.05) is 6.07 Å². The molecule has 2 N–H and O–H groups in total. The number of fused-ring (bicyclic) bond motifs is 1. The number of para-hydroxylation sites is 1. The molecule has 0 bridgehead atoms. The lowest BCUT2D eigenvalue weighted by Crippen LogP contribution is -2.17. The molecule has 0 aliphatic carbocycles. The Hall–Kier alpha value is -2.41. The predicted octanol–water partition coefficient (Wildman–Crippen LogP) is 1.53. The Labute approximate surface area is 111 Å². The molecule has 2 heterocycles. The van der Waals surface area contributed by atoms with Gasteiger partial charge in [-0.25, -0.2) is 14.6 Å². The molecule has 0 fully saturated rings. The van der Waals surface area contributed by atoms with Gasteiger partial charge in [0.2, 0.25) is 0 Å². The first kappa shape index (κ1) is 11.7. The number of thiazole rings is 1. The van der Waals surface area contributed by atoms with E-state index in [4.69, 9.17) is 5.11 Å². The average Bonchev–Trinajstić information content (AvgIpc) is 2.98. The van der Waals surface area contributed by atoms with E-state index >= 15 is 0 Å². The summed E-state index contributed by atoms with van der Waals surface area (Å²) in [5, 5.41) is 11.7. The van der Waals surface area contributed by atoms with E-state index in [9.17, 15) is 9.59 Å². The first-order chi connectivity index (χ1) is 9.16. The van der Waals surface area contributed by atoms with Crippen LogP contribution in [-0.4, -0.2) is 25.6 Å². The molecule has 0 aliphatic heterocycles. The van der Waals surface area contributed by atoms with Gasteiger partial charge in [0.1, 0.15) is 5.01 Å². The largest absolute Gasteiger partial charge is 0.478 e. The van der Waals surface area contributed by atoms with Crippen molar-refractivity contribution in [1.82, 2.24) is 14.5 Å². The molecule has 1 aromatic carbocycles. The lowest BCUT2D eigenvalue weighted by atomic mass is 10.2. The molecule has 0 saturated carbocycles. The Morgan fingerprint density at radius 1 is 1.47 bits per heavy atom. The van der Waals surface area contributed by atoms with Crippen molar-refractivity contribution in [3.63, 3.8) is 0 Å². The van der Waals surface area contributed by atoms with Gasteiger partial charge in [-0.3, -0.25) is 4.57 Å². The molecule has 96 valence electrons. The summed E-state index contributed by atoms with van der Waals surface area (Å²) in [6.07, 6.45) is 1.67. The van der Waals surface area contributed by atoms with Gasteiger partial charge in [0.25, 0.3) is 0 Å². The van der Waals surface area contributed by atoms with Gasteiger partial charge in [0.15, 0.2) is 0 Å². The van der Waals surface area contributed by atoms with Crippen molar-refractivity contribution in [3.8, 4) is 0 Å². The van der Waals surface area contributed by atoms with Crippen LogP contribution in [0.15, 0.2) is 34.6 Å². The molecule has 0 atom stereocenters. The third kappa shape index (κ3) is 1.93. The number of rotatable bonds is 3. The number of aromatic nitrogens is 3. The highest BCUT2D eigenvalue weighted by atomic mass is 32.1. The summed E-state index contributed by atoms with van der Waals surface area (Å²) in [7, 11) is 0. The lowest BCUT2D eigenvalue weighted by Gasteiger charge is -2.01. The zero-order valence-electron chi connectivity index (χ0n) is 9.66. The Morgan fingerprint density at radius 3 is 3.00 bits per heavy atom. The fourth-order valence-electron chi connectivity index (χ4n) is 1.98. The molecular weight excluding hydrogens is 266 g/mol. The maximum absolute atomic E-state index is 11.9. The van der Waals surface area contributed by atoms with Crippen LogP contribution in [0.3, 0.4) is 0 Å². The number of carboxylic acids is 1. The molecule has 6 nitrogen and oxygen atoms in total. The Bertz CT molecular complexity index is 801. The molecule has 0 unspecified atom stereocenters. The number of H-pyrrole nitrogens is 1. The highest BCUT2D eigenvalue weighted by Gasteiger charge is 2.14. The Morgan fingerprint density at radius 2 is 2.32 bits per heavy atom. The molecule has 2 aromatic heterocycles. The maximum atomic E-state index is 11.9. The number of aromatic carboxylic acids is 1. The van der Waals surface area contributed by atoms with Gasteiger partial charge in [-0.2, -0.15) is 0 Å². The Balaban J connectivity index is 2.20. The molecule has 0 amide bonds. The minimum Gasteiger partial charge on any atom is -0.478 e. The van der Waals surface area contributed by atoms with Crippen LogP contribution in [0.5, 0.6) is 0 Å². The normalized spacial score (nSPS) is 10.9. The number of imidazole rings is 1. The zero-order valence-corrected chi connectivity index (χ0v) is 10.5. The standard InChI is InChI=1S/C12H9N3O3S/c16-11(17)7-2-1-3-8-10(7)14-12(18)15(8)6-9-13-4-5-19-9/h1-5H,6H2,(H,14,18)(H,16,17). The van der Waals surface area contributed by atoms with Gasteiger partial charge in [0.05, 0.1) is 23.1 Å². The predicted molar refractivity (Wildman–Crippen MR) is 70.7 cm³/mol. The number of aromatic amines is 1. The molecule has 7 heteroatoms. The van der Waals surface area contributed by atoms with Crippen molar-refractivity contribution in [3.05, 3.63) is 50.8 Å². The third-order valence-electron chi connectivity index (χ3n) is 2.82. The highest BCUT2D eigenvalue weighted by molar-refractivity contribution is 7.09. The van der Waals surface area contributed by atoms with Crippen LogP contribution in [0.1, 0.15) is 15.4 Å². The topological polar surface area (TPSA) is 88.0 Å². The number of hydrogen-bond donors (Lipinski definition) is 2. The van der Waals surface area contributed by atoms with E-state index in [1.54, 1.807) is 18.3 Å².